The Morgan fingerprint density at radius 1 is 1.10 bits per heavy atom. The van der Waals surface area contributed by atoms with E-state index < -0.39 is 10.0 Å². The van der Waals surface area contributed by atoms with E-state index in [1.165, 1.54) is 43.4 Å². The Kier molecular flexibility index (Phi) is 6.93. The summed E-state index contributed by atoms with van der Waals surface area (Å²) in [5.41, 5.74) is 3.60. The van der Waals surface area contributed by atoms with Gasteiger partial charge in [0.05, 0.1) is 5.69 Å². The fourth-order valence-electron chi connectivity index (χ4n) is 4.12. The van der Waals surface area contributed by atoms with Crippen molar-refractivity contribution in [3.63, 3.8) is 0 Å². The Labute approximate surface area is 187 Å². The van der Waals surface area contributed by atoms with Crippen LogP contribution in [0.15, 0.2) is 56.7 Å². The maximum Gasteiger partial charge on any atom is 0.271 e. The molecule has 2 heterocycles. The van der Waals surface area contributed by atoms with E-state index >= 15 is 0 Å². The summed E-state index contributed by atoms with van der Waals surface area (Å²) in [6.45, 7) is 2.87. The average molecular weight is 461 g/mol. The van der Waals surface area contributed by atoms with E-state index in [1.54, 1.807) is 17.4 Å². The van der Waals surface area contributed by atoms with Gasteiger partial charge in [0.15, 0.2) is 0 Å². The van der Waals surface area contributed by atoms with Crippen molar-refractivity contribution in [3.05, 3.63) is 58.1 Å². The normalized spacial score (nSPS) is 16.0. The summed E-state index contributed by atoms with van der Waals surface area (Å²) >= 11 is 2.86. The molecule has 0 spiro atoms. The smallest absolute Gasteiger partial charge is 0.271 e. The van der Waals surface area contributed by atoms with Crippen molar-refractivity contribution in [2.45, 2.75) is 55.8 Å². The molecule has 3 aromatic rings. The topological polar surface area (TPSA) is 58.2 Å². The van der Waals surface area contributed by atoms with Crippen LogP contribution in [0.1, 0.15) is 44.6 Å². The summed E-state index contributed by atoms with van der Waals surface area (Å²) in [4.78, 5) is 0. The molecule has 0 saturated heterocycles. The Morgan fingerprint density at radius 3 is 2.67 bits per heavy atom. The summed E-state index contributed by atoms with van der Waals surface area (Å²) in [6, 6.07) is 11.8. The quantitative estimate of drug-likeness (QED) is 0.392. The van der Waals surface area contributed by atoms with E-state index in [1.807, 2.05) is 46.5 Å². The first-order chi connectivity index (χ1) is 14.5. The number of nitrogens with one attached hydrogen (secondary N) is 2. The molecule has 1 aliphatic carbocycles. The summed E-state index contributed by atoms with van der Waals surface area (Å²) < 4.78 is 29.1. The number of rotatable bonds is 9. The number of benzene rings is 1. The van der Waals surface area contributed by atoms with Gasteiger partial charge in [-0.25, -0.2) is 8.42 Å². The van der Waals surface area contributed by atoms with Gasteiger partial charge in [-0.1, -0.05) is 43.9 Å². The molecular formula is C23H28N2O2S3. The van der Waals surface area contributed by atoms with Gasteiger partial charge in [0.1, 0.15) is 4.21 Å². The Morgan fingerprint density at radius 2 is 1.90 bits per heavy atom. The Balaban J connectivity index is 1.43. The molecule has 1 saturated carbocycles. The molecule has 0 aliphatic heterocycles. The summed E-state index contributed by atoms with van der Waals surface area (Å²) in [5.74, 6) is 0.831. The second-order valence-electron chi connectivity index (χ2n) is 8.10. The second-order valence-corrected chi connectivity index (χ2v) is 11.7. The molecule has 0 radical (unpaired) electrons. The number of hydrogen-bond acceptors (Lipinski definition) is 5. The highest BCUT2D eigenvalue weighted by Gasteiger charge is 2.20. The lowest BCUT2D eigenvalue weighted by atomic mass is 9.99. The van der Waals surface area contributed by atoms with Gasteiger partial charge in [-0.2, -0.15) is 11.3 Å². The van der Waals surface area contributed by atoms with Crippen LogP contribution in [0.25, 0.3) is 11.1 Å². The van der Waals surface area contributed by atoms with Crippen molar-refractivity contribution in [1.82, 2.24) is 5.32 Å². The molecule has 30 heavy (non-hydrogen) atoms. The SMILES string of the molecule is C[C@@H](CC1CCCC1)NCc1ccccc1NS(=O)(=O)c1cc(-c2ccsc2)cs1. The van der Waals surface area contributed by atoms with Crippen molar-refractivity contribution >= 4 is 38.4 Å². The average Bonchev–Trinajstić information content (AvgIpc) is 3.48. The fraction of sp³-hybridized carbons (Fsp3) is 0.391. The minimum Gasteiger partial charge on any atom is -0.310 e. The third-order valence-corrected chi connectivity index (χ3v) is 9.25. The second kappa shape index (κ2) is 9.64. The minimum absolute atomic E-state index is 0.334. The Bertz CT molecular complexity index is 1050. The van der Waals surface area contributed by atoms with Crippen LogP contribution in [0, 0.1) is 5.92 Å². The summed E-state index contributed by atoms with van der Waals surface area (Å²) in [7, 11) is -3.62. The van der Waals surface area contributed by atoms with Crippen LogP contribution in [0.5, 0.6) is 0 Å². The minimum atomic E-state index is -3.62. The molecule has 2 aromatic heterocycles. The van der Waals surface area contributed by atoms with Gasteiger partial charge < -0.3 is 5.32 Å². The van der Waals surface area contributed by atoms with E-state index in [4.69, 9.17) is 0 Å². The summed E-state index contributed by atoms with van der Waals surface area (Å²) in [6.07, 6.45) is 6.60. The largest absolute Gasteiger partial charge is 0.310 e. The zero-order chi connectivity index (χ0) is 21.0. The van der Waals surface area contributed by atoms with Gasteiger partial charge in [0.25, 0.3) is 10.0 Å². The third kappa shape index (κ3) is 5.32. The van der Waals surface area contributed by atoms with Crippen LogP contribution >= 0.6 is 22.7 Å². The van der Waals surface area contributed by atoms with E-state index in [0.717, 1.165) is 22.6 Å². The van der Waals surface area contributed by atoms with Gasteiger partial charge in [0.2, 0.25) is 0 Å². The highest BCUT2D eigenvalue weighted by molar-refractivity contribution is 7.94. The molecule has 7 heteroatoms. The number of hydrogen-bond donors (Lipinski definition) is 2. The van der Waals surface area contributed by atoms with E-state index in [0.29, 0.717) is 22.5 Å². The molecule has 0 unspecified atom stereocenters. The highest BCUT2D eigenvalue weighted by atomic mass is 32.2. The lowest BCUT2D eigenvalue weighted by Crippen LogP contribution is -2.28. The lowest BCUT2D eigenvalue weighted by Gasteiger charge is -2.19. The molecule has 1 aliphatic rings. The zero-order valence-corrected chi connectivity index (χ0v) is 19.6. The molecule has 1 aromatic carbocycles. The van der Waals surface area contributed by atoms with Crippen molar-refractivity contribution in [3.8, 4) is 11.1 Å². The molecule has 2 N–H and O–H groups in total. The molecule has 0 amide bonds. The maximum atomic E-state index is 13.0. The lowest BCUT2D eigenvalue weighted by molar-refractivity contribution is 0.404. The predicted octanol–water partition coefficient (Wildman–Crippen LogP) is 6.34. The van der Waals surface area contributed by atoms with Crippen LogP contribution in [-0.2, 0) is 16.6 Å². The summed E-state index contributed by atoms with van der Waals surface area (Å²) in [5, 5.41) is 9.50. The Hall–Kier alpha value is -1.67. The highest BCUT2D eigenvalue weighted by Crippen LogP contribution is 2.32. The van der Waals surface area contributed by atoms with Crippen LogP contribution in [-0.4, -0.2) is 14.5 Å². The molecule has 0 bridgehead atoms. The number of sulfonamides is 1. The first-order valence-electron chi connectivity index (χ1n) is 10.5. The van der Waals surface area contributed by atoms with Crippen LogP contribution in [0.4, 0.5) is 5.69 Å². The van der Waals surface area contributed by atoms with E-state index in [-0.39, 0.29) is 0 Å². The third-order valence-electron chi connectivity index (χ3n) is 5.76. The predicted molar refractivity (Wildman–Crippen MR) is 128 cm³/mol. The molecule has 1 fully saturated rings. The van der Waals surface area contributed by atoms with Gasteiger partial charge in [-0.05, 0) is 64.9 Å². The number of thiophene rings is 2. The van der Waals surface area contributed by atoms with Gasteiger partial charge in [0, 0.05) is 18.0 Å². The molecule has 1 atom stereocenters. The van der Waals surface area contributed by atoms with Gasteiger partial charge in [-0.15, -0.1) is 11.3 Å². The molecule has 4 rings (SSSR count). The van der Waals surface area contributed by atoms with E-state index in [2.05, 4.69) is 17.0 Å². The maximum absolute atomic E-state index is 13.0. The van der Waals surface area contributed by atoms with Crippen molar-refractivity contribution < 1.29 is 8.42 Å². The first kappa shape index (κ1) is 21.6. The molecular weight excluding hydrogens is 432 g/mol. The fourth-order valence-corrected chi connectivity index (χ4v) is 7.07. The first-order valence-corrected chi connectivity index (χ1v) is 13.8. The number of anilines is 1. The van der Waals surface area contributed by atoms with Crippen LogP contribution < -0.4 is 10.0 Å². The number of para-hydroxylation sites is 1. The monoisotopic (exact) mass is 460 g/mol. The van der Waals surface area contributed by atoms with Crippen LogP contribution in [0.3, 0.4) is 0 Å². The zero-order valence-electron chi connectivity index (χ0n) is 17.1. The molecule has 160 valence electrons. The van der Waals surface area contributed by atoms with Gasteiger partial charge in [-0.3, -0.25) is 4.72 Å². The van der Waals surface area contributed by atoms with Crippen molar-refractivity contribution in [2.24, 2.45) is 5.92 Å². The van der Waals surface area contributed by atoms with Crippen molar-refractivity contribution in [2.75, 3.05) is 4.72 Å². The van der Waals surface area contributed by atoms with Gasteiger partial charge >= 0.3 is 0 Å². The standard InChI is InChI=1S/C23H28N2O2S3/c1-17(12-18-6-2-3-7-18)24-14-19-8-4-5-9-22(19)25-30(26,27)23-13-21(16-29-23)20-10-11-28-15-20/h4-5,8-11,13,15-18,24-25H,2-3,6-7,12,14H2,1H3/t17-/m0/s1. The van der Waals surface area contributed by atoms with Crippen LogP contribution in [0.2, 0.25) is 0 Å². The van der Waals surface area contributed by atoms with Crippen molar-refractivity contribution in [1.29, 1.82) is 0 Å². The van der Waals surface area contributed by atoms with E-state index in [9.17, 15) is 8.42 Å². The molecule has 4 nitrogen and oxygen atoms in total.